The number of nitrogens with one attached hydrogen (secondary N) is 2. The second-order valence-electron chi connectivity index (χ2n) is 7.87. The Hall–Kier alpha value is -2.69. The normalized spacial score (nSPS) is 24.6. The molecule has 1 aromatic heterocycles. The minimum atomic E-state index is -3.41. The van der Waals surface area contributed by atoms with E-state index in [2.05, 4.69) is 15.0 Å². The maximum absolute atomic E-state index is 12.5. The molecule has 9 nitrogen and oxygen atoms in total. The van der Waals surface area contributed by atoms with Gasteiger partial charge in [-0.3, -0.25) is 14.5 Å². The smallest absolute Gasteiger partial charge is 0.229 e. The highest BCUT2D eigenvalue weighted by atomic mass is 32.2. The van der Waals surface area contributed by atoms with E-state index in [-0.39, 0.29) is 31.0 Å². The van der Waals surface area contributed by atoms with Gasteiger partial charge in [0.05, 0.1) is 25.4 Å². The number of anilines is 1. The van der Waals surface area contributed by atoms with E-state index in [1.54, 1.807) is 30.6 Å². The van der Waals surface area contributed by atoms with Gasteiger partial charge >= 0.3 is 0 Å². The molecule has 31 heavy (non-hydrogen) atoms. The van der Waals surface area contributed by atoms with Crippen molar-refractivity contribution in [2.24, 2.45) is 0 Å². The van der Waals surface area contributed by atoms with Crippen LogP contribution in [0.1, 0.15) is 29.9 Å². The summed E-state index contributed by atoms with van der Waals surface area (Å²) in [5, 5.41) is 12.7. The molecule has 0 saturated carbocycles. The third kappa shape index (κ3) is 5.15. The highest BCUT2D eigenvalue weighted by molar-refractivity contribution is 7.92. The zero-order valence-electron chi connectivity index (χ0n) is 17.0. The van der Waals surface area contributed by atoms with Crippen molar-refractivity contribution in [1.82, 2.24) is 10.3 Å². The van der Waals surface area contributed by atoms with Crippen molar-refractivity contribution in [3.05, 3.63) is 53.9 Å². The van der Waals surface area contributed by atoms with Crippen LogP contribution in [0.3, 0.4) is 0 Å². The van der Waals surface area contributed by atoms with Crippen LogP contribution in [-0.4, -0.2) is 55.6 Å². The summed E-state index contributed by atoms with van der Waals surface area (Å²) in [6.45, 7) is 0.161. The Bertz CT molecular complexity index is 1050. The number of aromatic nitrogens is 1. The first kappa shape index (κ1) is 21.5. The standard InChI is InChI=1S/C21H25N3O6S/c1-31(27,28)24-14-2-3-18-16(8-14)17-9-15(29-19(12-25)21(17)30-18)10-20(26)23-11-13-4-6-22-7-5-13/h2-8,15,17,19,21,24-25H,9-12H2,1H3,(H,23,26)/t15-,17-,19+,21+/m1/s1. The highest BCUT2D eigenvalue weighted by Gasteiger charge is 2.46. The molecule has 0 aliphatic carbocycles. The molecule has 0 unspecified atom stereocenters. The molecule has 2 aliphatic heterocycles. The minimum Gasteiger partial charge on any atom is -0.487 e. The van der Waals surface area contributed by atoms with Crippen LogP contribution in [0.15, 0.2) is 42.7 Å². The summed E-state index contributed by atoms with van der Waals surface area (Å²) in [5.74, 6) is 0.377. The molecule has 3 N–H and O–H groups in total. The van der Waals surface area contributed by atoms with Gasteiger partial charge in [-0.05, 0) is 42.3 Å². The van der Waals surface area contributed by atoms with E-state index in [0.29, 0.717) is 24.4 Å². The molecule has 166 valence electrons. The average molecular weight is 448 g/mol. The van der Waals surface area contributed by atoms with Crippen LogP contribution in [0.25, 0.3) is 0 Å². The van der Waals surface area contributed by atoms with Crippen LogP contribution in [0.4, 0.5) is 5.69 Å². The topological polar surface area (TPSA) is 127 Å². The number of nitrogens with zero attached hydrogens (tertiary/aromatic N) is 1. The lowest BCUT2D eigenvalue weighted by molar-refractivity contribution is -0.142. The van der Waals surface area contributed by atoms with Gasteiger partial charge in [0.15, 0.2) is 0 Å². The Morgan fingerprint density at radius 3 is 2.74 bits per heavy atom. The summed E-state index contributed by atoms with van der Waals surface area (Å²) in [4.78, 5) is 16.4. The van der Waals surface area contributed by atoms with Crippen LogP contribution >= 0.6 is 0 Å². The van der Waals surface area contributed by atoms with Crippen LogP contribution in [0.5, 0.6) is 5.75 Å². The zero-order valence-corrected chi connectivity index (χ0v) is 17.8. The minimum absolute atomic E-state index is 0.111. The van der Waals surface area contributed by atoms with Gasteiger partial charge < -0.3 is 19.9 Å². The predicted octanol–water partition coefficient (Wildman–Crippen LogP) is 1.15. The van der Waals surface area contributed by atoms with Gasteiger partial charge in [-0.2, -0.15) is 0 Å². The number of rotatable bonds is 7. The summed E-state index contributed by atoms with van der Waals surface area (Å²) < 4.78 is 37.6. The number of hydrogen-bond acceptors (Lipinski definition) is 7. The van der Waals surface area contributed by atoms with Gasteiger partial charge in [-0.25, -0.2) is 8.42 Å². The fourth-order valence-corrected chi connectivity index (χ4v) is 4.70. The Morgan fingerprint density at radius 2 is 2.03 bits per heavy atom. The van der Waals surface area contributed by atoms with E-state index in [0.717, 1.165) is 17.4 Å². The van der Waals surface area contributed by atoms with Crippen LogP contribution in [-0.2, 0) is 26.1 Å². The maximum Gasteiger partial charge on any atom is 0.229 e. The number of aliphatic hydroxyl groups excluding tert-OH is 1. The van der Waals surface area contributed by atoms with Gasteiger partial charge in [0, 0.05) is 36.1 Å². The van der Waals surface area contributed by atoms with E-state index in [9.17, 15) is 18.3 Å². The Kier molecular flexibility index (Phi) is 6.12. The predicted molar refractivity (Wildman–Crippen MR) is 113 cm³/mol. The second kappa shape index (κ2) is 8.81. The summed E-state index contributed by atoms with van der Waals surface area (Å²) in [7, 11) is -3.41. The van der Waals surface area contributed by atoms with Gasteiger partial charge in [0.2, 0.25) is 15.9 Å². The van der Waals surface area contributed by atoms with Gasteiger partial charge in [0.1, 0.15) is 18.0 Å². The van der Waals surface area contributed by atoms with Crippen LogP contribution in [0.2, 0.25) is 0 Å². The lowest BCUT2D eigenvalue weighted by Gasteiger charge is -2.37. The molecule has 0 spiro atoms. The molecule has 1 fully saturated rings. The fourth-order valence-electron chi connectivity index (χ4n) is 4.15. The SMILES string of the molecule is CS(=O)(=O)Nc1ccc2c(c1)[C@H]1C[C@H](CC(=O)NCc3ccncc3)O[C@@H](CO)[C@H]1O2. The molecule has 2 aromatic rings. The van der Waals surface area contributed by atoms with Crippen molar-refractivity contribution in [2.75, 3.05) is 17.6 Å². The van der Waals surface area contributed by atoms with Gasteiger partial charge in [0.25, 0.3) is 0 Å². The number of aliphatic hydroxyl groups is 1. The molecule has 2 aliphatic rings. The Balaban J connectivity index is 1.45. The number of sulfonamides is 1. The number of hydrogen-bond donors (Lipinski definition) is 3. The lowest BCUT2D eigenvalue weighted by atomic mass is 9.84. The molecular formula is C21H25N3O6S. The van der Waals surface area contributed by atoms with Crippen molar-refractivity contribution < 1.29 is 27.8 Å². The maximum atomic E-state index is 12.5. The van der Waals surface area contributed by atoms with E-state index >= 15 is 0 Å². The molecule has 4 atom stereocenters. The van der Waals surface area contributed by atoms with Crippen molar-refractivity contribution >= 4 is 21.6 Å². The molecule has 10 heteroatoms. The first-order valence-electron chi connectivity index (χ1n) is 10.0. The third-order valence-corrected chi connectivity index (χ3v) is 6.06. The largest absolute Gasteiger partial charge is 0.487 e. The van der Waals surface area contributed by atoms with Crippen molar-refractivity contribution in [3.63, 3.8) is 0 Å². The molecule has 0 bridgehead atoms. The van der Waals surface area contributed by atoms with Crippen molar-refractivity contribution in [3.8, 4) is 5.75 Å². The number of ether oxygens (including phenoxy) is 2. The van der Waals surface area contributed by atoms with Gasteiger partial charge in [-0.1, -0.05) is 0 Å². The highest BCUT2D eigenvalue weighted by Crippen LogP contribution is 2.47. The van der Waals surface area contributed by atoms with E-state index in [4.69, 9.17) is 9.47 Å². The third-order valence-electron chi connectivity index (χ3n) is 5.45. The number of amides is 1. The van der Waals surface area contributed by atoms with Crippen molar-refractivity contribution in [1.29, 1.82) is 0 Å². The van der Waals surface area contributed by atoms with Crippen LogP contribution < -0.4 is 14.8 Å². The second-order valence-corrected chi connectivity index (χ2v) is 9.62. The first-order valence-corrected chi connectivity index (χ1v) is 11.9. The molecule has 3 heterocycles. The molecule has 1 amide bonds. The van der Waals surface area contributed by atoms with Crippen molar-refractivity contribution in [2.45, 2.75) is 43.6 Å². The van der Waals surface area contributed by atoms with E-state index in [1.165, 1.54) is 0 Å². The number of pyridine rings is 1. The van der Waals surface area contributed by atoms with E-state index in [1.807, 2.05) is 12.1 Å². The number of carbonyl (C=O) groups is 1. The number of fused-ring (bicyclic) bond motifs is 3. The molecule has 0 radical (unpaired) electrons. The van der Waals surface area contributed by atoms with Crippen LogP contribution in [0, 0.1) is 0 Å². The Labute approximate surface area is 180 Å². The van der Waals surface area contributed by atoms with E-state index < -0.39 is 22.2 Å². The summed E-state index contributed by atoms with van der Waals surface area (Å²) in [6, 6.07) is 8.76. The fraction of sp³-hybridized carbons (Fsp3) is 0.429. The summed E-state index contributed by atoms with van der Waals surface area (Å²) >= 11 is 0. The quantitative estimate of drug-likeness (QED) is 0.581. The summed E-state index contributed by atoms with van der Waals surface area (Å²) in [6.07, 6.45) is 3.76. The monoisotopic (exact) mass is 447 g/mol. The number of benzene rings is 1. The molecule has 1 saturated heterocycles. The zero-order chi connectivity index (χ0) is 22.0. The molecule has 4 rings (SSSR count). The molecular weight excluding hydrogens is 422 g/mol. The number of carbonyl (C=O) groups excluding carboxylic acids is 1. The van der Waals surface area contributed by atoms with Gasteiger partial charge in [-0.15, -0.1) is 0 Å². The first-order chi connectivity index (χ1) is 14.8. The lowest BCUT2D eigenvalue weighted by Crippen LogP contribution is -2.47. The average Bonchev–Trinajstić information content (AvgIpc) is 3.09. The summed E-state index contributed by atoms with van der Waals surface area (Å²) in [5.41, 5.74) is 2.25. The Morgan fingerprint density at radius 1 is 1.26 bits per heavy atom. The molecule has 1 aromatic carbocycles.